The van der Waals surface area contributed by atoms with E-state index in [4.69, 9.17) is 9.15 Å². The number of rotatable bonds is 3. The SMILES string of the molecule is Cc1ncnc(C)c1-c1ccc(Oc2nccc3occc23)cc1C#N. The number of hydrogen-bond donors (Lipinski definition) is 0. The van der Waals surface area contributed by atoms with Crippen LogP contribution in [0.3, 0.4) is 0 Å². The zero-order valence-electron chi connectivity index (χ0n) is 14.2. The van der Waals surface area contributed by atoms with Gasteiger partial charge < -0.3 is 9.15 Å². The highest BCUT2D eigenvalue weighted by Gasteiger charge is 2.14. The maximum absolute atomic E-state index is 9.61. The molecule has 3 heterocycles. The van der Waals surface area contributed by atoms with Gasteiger partial charge in [0.2, 0.25) is 5.88 Å². The third-order valence-electron chi connectivity index (χ3n) is 4.17. The van der Waals surface area contributed by atoms with Gasteiger partial charge in [-0.1, -0.05) is 0 Å². The Balaban J connectivity index is 1.77. The lowest BCUT2D eigenvalue weighted by molar-refractivity contribution is 0.468. The van der Waals surface area contributed by atoms with Crippen molar-refractivity contribution in [1.82, 2.24) is 15.0 Å². The topological polar surface area (TPSA) is 84.8 Å². The van der Waals surface area contributed by atoms with Crippen LogP contribution in [-0.2, 0) is 0 Å². The van der Waals surface area contributed by atoms with Gasteiger partial charge in [0.25, 0.3) is 0 Å². The van der Waals surface area contributed by atoms with Crippen LogP contribution in [0.15, 0.2) is 53.5 Å². The first-order chi connectivity index (χ1) is 12.7. The monoisotopic (exact) mass is 342 g/mol. The second kappa shape index (κ2) is 6.30. The van der Waals surface area contributed by atoms with E-state index >= 15 is 0 Å². The molecule has 4 aromatic rings. The zero-order chi connectivity index (χ0) is 18.1. The second-order valence-electron chi connectivity index (χ2n) is 5.79. The summed E-state index contributed by atoms with van der Waals surface area (Å²) in [5, 5.41) is 10.4. The van der Waals surface area contributed by atoms with Crippen LogP contribution in [0.5, 0.6) is 11.6 Å². The Morgan fingerprint density at radius 1 is 1.04 bits per heavy atom. The molecule has 6 nitrogen and oxygen atoms in total. The van der Waals surface area contributed by atoms with Gasteiger partial charge in [-0.3, -0.25) is 0 Å². The summed E-state index contributed by atoms with van der Waals surface area (Å²) in [6.07, 6.45) is 4.73. The first-order valence-corrected chi connectivity index (χ1v) is 8.00. The molecule has 4 rings (SSSR count). The first-order valence-electron chi connectivity index (χ1n) is 8.00. The molecule has 0 unspecified atom stereocenters. The largest absolute Gasteiger partial charge is 0.464 e. The number of ether oxygens (including phenoxy) is 1. The number of pyridine rings is 1. The maximum Gasteiger partial charge on any atom is 0.230 e. The third-order valence-corrected chi connectivity index (χ3v) is 4.17. The molecule has 0 fully saturated rings. The van der Waals surface area contributed by atoms with Crippen LogP contribution in [0.4, 0.5) is 0 Å². The fourth-order valence-electron chi connectivity index (χ4n) is 2.94. The van der Waals surface area contributed by atoms with Crippen LogP contribution in [0.1, 0.15) is 17.0 Å². The molecule has 126 valence electrons. The van der Waals surface area contributed by atoms with Gasteiger partial charge in [0.1, 0.15) is 17.7 Å². The number of nitrogens with zero attached hydrogens (tertiary/aromatic N) is 4. The molecule has 0 atom stereocenters. The highest BCUT2D eigenvalue weighted by atomic mass is 16.5. The van der Waals surface area contributed by atoms with Crippen molar-refractivity contribution in [2.24, 2.45) is 0 Å². The van der Waals surface area contributed by atoms with Gasteiger partial charge in [-0.15, -0.1) is 0 Å². The highest BCUT2D eigenvalue weighted by Crippen LogP contribution is 2.33. The average Bonchev–Trinajstić information content (AvgIpc) is 3.12. The van der Waals surface area contributed by atoms with Gasteiger partial charge in [-0.2, -0.15) is 5.26 Å². The molecular formula is C20H14N4O2. The van der Waals surface area contributed by atoms with E-state index in [1.165, 1.54) is 6.33 Å². The van der Waals surface area contributed by atoms with Crippen LogP contribution in [0.25, 0.3) is 22.1 Å². The zero-order valence-corrected chi connectivity index (χ0v) is 14.2. The predicted octanol–water partition coefficient (Wildman–Crippen LogP) is 4.57. The molecule has 26 heavy (non-hydrogen) atoms. The van der Waals surface area contributed by atoms with Crippen molar-refractivity contribution >= 4 is 11.0 Å². The second-order valence-corrected chi connectivity index (χ2v) is 5.79. The predicted molar refractivity (Wildman–Crippen MR) is 95.7 cm³/mol. The minimum Gasteiger partial charge on any atom is -0.464 e. The Morgan fingerprint density at radius 2 is 1.85 bits per heavy atom. The molecule has 0 bridgehead atoms. The number of aromatic nitrogens is 3. The molecule has 0 N–H and O–H groups in total. The van der Waals surface area contributed by atoms with E-state index in [-0.39, 0.29) is 0 Å². The Labute approximate surface area is 149 Å². The van der Waals surface area contributed by atoms with Crippen LogP contribution < -0.4 is 4.74 Å². The van der Waals surface area contributed by atoms with E-state index in [1.54, 1.807) is 30.7 Å². The molecule has 0 saturated heterocycles. The Bertz CT molecular complexity index is 1140. The van der Waals surface area contributed by atoms with Crippen molar-refractivity contribution in [3.8, 4) is 28.8 Å². The number of benzene rings is 1. The van der Waals surface area contributed by atoms with Gasteiger partial charge in [-0.25, -0.2) is 15.0 Å². The molecule has 0 spiro atoms. The van der Waals surface area contributed by atoms with Crippen LogP contribution in [-0.4, -0.2) is 15.0 Å². The summed E-state index contributed by atoms with van der Waals surface area (Å²) in [5.74, 6) is 0.960. The summed E-state index contributed by atoms with van der Waals surface area (Å²) >= 11 is 0. The number of hydrogen-bond acceptors (Lipinski definition) is 6. The van der Waals surface area contributed by atoms with Crippen molar-refractivity contribution in [3.63, 3.8) is 0 Å². The van der Waals surface area contributed by atoms with E-state index in [1.807, 2.05) is 26.0 Å². The first kappa shape index (κ1) is 15.8. The molecule has 3 aromatic heterocycles. The summed E-state index contributed by atoms with van der Waals surface area (Å²) in [5.41, 5.74) is 4.48. The van der Waals surface area contributed by atoms with Gasteiger partial charge in [0, 0.05) is 28.7 Å². The fourth-order valence-corrected chi connectivity index (χ4v) is 2.94. The number of nitriles is 1. The summed E-state index contributed by atoms with van der Waals surface area (Å²) in [7, 11) is 0. The van der Waals surface area contributed by atoms with E-state index in [2.05, 4.69) is 21.0 Å². The van der Waals surface area contributed by atoms with Crippen molar-refractivity contribution in [3.05, 3.63) is 66.1 Å². The van der Waals surface area contributed by atoms with Crippen LogP contribution in [0, 0.1) is 25.2 Å². The molecule has 6 heteroatoms. The molecular weight excluding hydrogens is 328 g/mol. The highest BCUT2D eigenvalue weighted by molar-refractivity contribution is 5.82. The molecule has 0 saturated carbocycles. The van der Waals surface area contributed by atoms with Gasteiger partial charge in [-0.05, 0) is 44.2 Å². The fraction of sp³-hybridized carbons (Fsp3) is 0.100. The van der Waals surface area contributed by atoms with Gasteiger partial charge >= 0.3 is 0 Å². The Morgan fingerprint density at radius 3 is 2.62 bits per heavy atom. The lowest BCUT2D eigenvalue weighted by Gasteiger charge is -2.12. The summed E-state index contributed by atoms with van der Waals surface area (Å²) in [4.78, 5) is 12.7. The lowest BCUT2D eigenvalue weighted by Crippen LogP contribution is -1.97. The molecule has 1 aromatic carbocycles. The standard InChI is InChI=1S/C20H14N4O2/c1-12-19(13(2)24-11-23-12)16-4-3-15(9-14(16)10-21)26-20-17-6-8-25-18(17)5-7-22-20/h3-9,11H,1-2H3. The average molecular weight is 342 g/mol. The minimum absolute atomic E-state index is 0.434. The van der Waals surface area contributed by atoms with Crippen molar-refractivity contribution in [2.45, 2.75) is 13.8 Å². The molecule has 0 aliphatic rings. The minimum atomic E-state index is 0.434. The molecule has 0 radical (unpaired) electrons. The summed E-state index contributed by atoms with van der Waals surface area (Å²) < 4.78 is 11.2. The van der Waals surface area contributed by atoms with Crippen LogP contribution >= 0.6 is 0 Å². The smallest absolute Gasteiger partial charge is 0.230 e. The third kappa shape index (κ3) is 2.66. The Hall–Kier alpha value is -3.72. The summed E-state index contributed by atoms with van der Waals surface area (Å²) in [6.45, 7) is 3.80. The van der Waals surface area contributed by atoms with Crippen molar-refractivity contribution in [2.75, 3.05) is 0 Å². The van der Waals surface area contributed by atoms with Crippen molar-refractivity contribution in [1.29, 1.82) is 5.26 Å². The maximum atomic E-state index is 9.61. The number of furan rings is 1. The molecule has 0 aliphatic carbocycles. The van der Waals surface area contributed by atoms with E-state index in [0.29, 0.717) is 22.8 Å². The molecule has 0 amide bonds. The van der Waals surface area contributed by atoms with Crippen LogP contribution in [0.2, 0.25) is 0 Å². The van der Waals surface area contributed by atoms with E-state index in [0.717, 1.165) is 27.9 Å². The summed E-state index contributed by atoms with van der Waals surface area (Å²) in [6, 6.07) is 11.2. The Kier molecular flexibility index (Phi) is 3.82. The van der Waals surface area contributed by atoms with E-state index in [9.17, 15) is 5.26 Å². The number of aryl methyl sites for hydroxylation is 2. The number of fused-ring (bicyclic) bond motifs is 1. The van der Waals surface area contributed by atoms with Crippen molar-refractivity contribution < 1.29 is 9.15 Å². The lowest BCUT2D eigenvalue weighted by atomic mass is 9.97. The normalized spacial score (nSPS) is 10.7. The van der Waals surface area contributed by atoms with Gasteiger partial charge in [0.05, 0.1) is 23.3 Å². The molecule has 0 aliphatic heterocycles. The quantitative estimate of drug-likeness (QED) is 0.542. The van der Waals surface area contributed by atoms with Gasteiger partial charge in [0.15, 0.2) is 0 Å². The van der Waals surface area contributed by atoms with E-state index < -0.39 is 0 Å².